The van der Waals surface area contributed by atoms with Gasteiger partial charge in [-0.1, -0.05) is 26.0 Å². The third-order valence-corrected chi connectivity index (χ3v) is 2.61. The molecule has 16 heavy (non-hydrogen) atoms. The molecule has 0 amide bonds. The van der Waals surface area contributed by atoms with Gasteiger partial charge in [0, 0.05) is 17.5 Å². The van der Waals surface area contributed by atoms with Crippen molar-refractivity contribution in [3.63, 3.8) is 0 Å². The highest BCUT2D eigenvalue weighted by Gasteiger charge is 2.10. The van der Waals surface area contributed by atoms with Crippen LogP contribution in [0.3, 0.4) is 0 Å². The maximum absolute atomic E-state index is 9.52. The fourth-order valence-corrected chi connectivity index (χ4v) is 1.82. The maximum Gasteiger partial charge on any atom is 0.298 e. The van der Waals surface area contributed by atoms with Gasteiger partial charge in [-0.25, -0.2) is 0 Å². The summed E-state index contributed by atoms with van der Waals surface area (Å²) in [5, 5.41) is 9.97. The molecule has 0 aliphatic rings. The minimum atomic E-state index is 0.101. The molecular formula is C11H12N2O2S. The Morgan fingerprint density at radius 2 is 2.06 bits per heavy atom. The number of para-hydroxylation sites is 2. The topological polar surface area (TPSA) is 55.2 Å². The summed E-state index contributed by atoms with van der Waals surface area (Å²) in [4.78, 5) is 4.22. The van der Waals surface area contributed by atoms with E-state index in [1.807, 2.05) is 13.8 Å². The lowest BCUT2D eigenvalue weighted by molar-refractivity contribution is 0.409. The average Bonchev–Trinajstić information content (AvgIpc) is 2.70. The largest absolute Gasteiger partial charge is 0.504 e. The number of aromatic nitrogens is 2. The van der Waals surface area contributed by atoms with E-state index in [1.165, 1.54) is 11.5 Å². The molecule has 4 nitrogen and oxygen atoms in total. The van der Waals surface area contributed by atoms with E-state index >= 15 is 0 Å². The standard InChI is InChI=1S/C11H12N2O2S/c1-7(2)10-12-11(16-13-10)15-9-6-4-3-5-8(9)14/h3-7,14H,1-2H3. The minimum Gasteiger partial charge on any atom is -0.504 e. The Hall–Kier alpha value is -1.62. The van der Waals surface area contributed by atoms with E-state index < -0.39 is 0 Å². The number of hydrogen-bond acceptors (Lipinski definition) is 5. The van der Waals surface area contributed by atoms with Crippen LogP contribution < -0.4 is 4.74 Å². The second-order valence-corrected chi connectivity index (χ2v) is 4.36. The molecule has 5 heteroatoms. The first kappa shape index (κ1) is 10.9. The quantitative estimate of drug-likeness (QED) is 0.889. The molecule has 0 atom stereocenters. The smallest absolute Gasteiger partial charge is 0.298 e. The Balaban J connectivity index is 2.18. The van der Waals surface area contributed by atoms with Crippen LogP contribution >= 0.6 is 11.5 Å². The lowest BCUT2D eigenvalue weighted by atomic mass is 10.2. The van der Waals surface area contributed by atoms with Crippen LogP contribution in [0.4, 0.5) is 0 Å². The van der Waals surface area contributed by atoms with Crippen LogP contribution in [-0.4, -0.2) is 14.5 Å². The van der Waals surface area contributed by atoms with E-state index in [0.29, 0.717) is 10.9 Å². The number of aromatic hydroxyl groups is 1. The molecule has 0 saturated carbocycles. The van der Waals surface area contributed by atoms with Gasteiger partial charge in [-0.05, 0) is 12.1 Å². The lowest BCUT2D eigenvalue weighted by Gasteiger charge is -2.02. The summed E-state index contributed by atoms with van der Waals surface area (Å²) < 4.78 is 9.60. The SMILES string of the molecule is CC(C)c1nsc(Oc2ccccc2O)n1. The maximum atomic E-state index is 9.52. The van der Waals surface area contributed by atoms with Gasteiger partial charge in [-0.2, -0.15) is 9.36 Å². The molecule has 0 aliphatic carbocycles. The summed E-state index contributed by atoms with van der Waals surface area (Å²) in [6.45, 7) is 4.04. The van der Waals surface area contributed by atoms with Gasteiger partial charge in [0.1, 0.15) is 5.82 Å². The zero-order chi connectivity index (χ0) is 11.5. The van der Waals surface area contributed by atoms with E-state index in [9.17, 15) is 5.11 Å². The Bertz CT molecular complexity index is 482. The van der Waals surface area contributed by atoms with Crippen molar-refractivity contribution in [3.8, 4) is 16.7 Å². The van der Waals surface area contributed by atoms with Crippen LogP contribution in [0.1, 0.15) is 25.6 Å². The Morgan fingerprint density at radius 1 is 1.31 bits per heavy atom. The van der Waals surface area contributed by atoms with Crippen molar-refractivity contribution in [2.24, 2.45) is 0 Å². The zero-order valence-corrected chi connectivity index (χ0v) is 9.86. The molecule has 0 radical (unpaired) electrons. The van der Waals surface area contributed by atoms with Gasteiger partial charge in [0.15, 0.2) is 11.5 Å². The first-order chi connectivity index (χ1) is 7.66. The van der Waals surface area contributed by atoms with Crippen molar-refractivity contribution in [1.29, 1.82) is 0 Å². The first-order valence-electron chi connectivity index (χ1n) is 4.96. The number of benzene rings is 1. The van der Waals surface area contributed by atoms with Crippen LogP contribution in [0.5, 0.6) is 16.7 Å². The summed E-state index contributed by atoms with van der Waals surface area (Å²) in [7, 11) is 0. The molecule has 0 aliphatic heterocycles. The molecule has 0 unspecified atom stereocenters. The predicted octanol–water partition coefficient (Wildman–Crippen LogP) is 3.16. The highest BCUT2D eigenvalue weighted by Crippen LogP contribution is 2.31. The number of ether oxygens (including phenoxy) is 1. The fraction of sp³-hybridized carbons (Fsp3) is 0.273. The van der Waals surface area contributed by atoms with Crippen LogP contribution in [0, 0.1) is 0 Å². The number of phenolic OH excluding ortho intramolecular Hbond substituents is 1. The summed E-state index contributed by atoms with van der Waals surface area (Å²) in [5.74, 6) is 1.53. The van der Waals surface area contributed by atoms with Crippen LogP contribution in [0.2, 0.25) is 0 Å². The normalized spacial score (nSPS) is 10.7. The summed E-state index contributed by atoms with van der Waals surface area (Å²) in [6.07, 6.45) is 0. The second kappa shape index (κ2) is 4.49. The lowest BCUT2D eigenvalue weighted by Crippen LogP contribution is -1.90. The molecule has 1 aromatic heterocycles. The highest BCUT2D eigenvalue weighted by atomic mass is 32.1. The number of rotatable bonds is 3. The number of nitrogens with zero attached hydrogens (tertiary/aromatic N) is 2. The van der Waals surface area contributed by atoms with Crippen molar-refractivity contribution in [1.82, 2.24) is 9.36 Å². The van der Waals surface area contributed by atoms with Crippen molar-refractivity contribution in [3.05, 3.63) is 30.1 Å². The molecule has 0 saturated heterocycles. The molecule has 0 bridgehead atoms. The molecule has 1 heterocycles. The molecule has 84 valence electrons. The van der Waals surface area contributed by atoms with Crippen molar-refractivity contribution in [2.45, 2.75) is 19.8 Å². The van der Waals surface area contributed by atoms with Crippen LogP contribution in [-0.2, 0) is 0 Å². The molecule has 0 fully saturated rings. The van der Waals surface area contributed by atoms with Gasteiger partial charge < -0.3 is 9.84 Å². The molecule has 2 rings (SSSR count). The van der Waals surface area contributed by atoms with Gasteiger partial charge in [-0.15, -0.1) is 0 Å². The number of phenols is 1. The van der Waals surface area contributed by atoms with Gasteiger partial charge in [0.05, 0.1) is 0 Å². The average molecular weight is 236 g/mol. The molecule has 1 N–H and O–H groups in total. The van der Waals surface area contributed by atoms with Crippen molar-refractivity contribution < 1.29 is 9.84 Å². The molecular weight excluding hydrogens is 224 g/mol. The molecule has 0 spiro atoms. The summed E-state index contributed by atoms with van der Waals surface area (Å²) >= 11 is 1.19. The highest BCUT2D eigenvalue weighted by molar-refractivity contribution is 7.07. The summed E-state index contributed by atoms with van der Waals surface area (Å²) in [6, 6.07) is 6.78. The minimum absolute atomic E-state index is 0.101. The third kappa shape index (κ3) is 2.30. The van der Waals surface area contributed by atoms with Crippen LogP contribution in [0.25, 0.3) is 0 Å². The van der Waals surface area contributed by atoms with E-state index in [2.05, 4.69) is 9.36 Å². The third-order valence-electron chi connectivity index (χ3n) is 2.00. The van der Waals surface area contributed by atoms with Gasteiger partial charge in [0.2, 0.25) is 0 Å². The second-order valence-electron chi connectivity index (χ2n) is 3.64. The van der Waals surface area contributed by atoms with Gasteiger partial charge in [-0.3, -0.25) is 0 Å². The van der Waals surface area contributed by atoms with Crippen LogP contribution in [0.15, 0.2) is 24.3 Å². The zero-order valence-electron chi connectivity index (χ0n) is 9.04. The number of hydrogen-bond donors (Lipinski definition) is 1. The van der Waals surface area contributed by atoms with Crippen molar-refractivity contribution in [2.75, 3.05) is 0 Å². The molecule has 2 aromatic rings. The Labute approximate surface area is 97.7 Å². The monoisotopic (exact) mass is 236 g/mol. The first-order valence-corrected chi connectivity index (χ1v) is 5.73. The van der Waals surface area contributed by atoms with E-state index in [4.69, 9.17) is 4.74 Å². The van der Waals surface area contributed by atoms with Crippen molar-refractivity contribution >= 4 is 11.5 Å². The Morgan fingerprint density at radius 3 is 2.69 bits per heavy atom. The van der Waals surface area contributed by atoms with Gasteiger partial charge in [0.25, 0.3) is 5.19 Å². The van der Waals surface area contributed by atoms with E-state index in [0.717, 1.165) is 5.82 Å². The summed E-state index contributed by atoms with van der Waals surface area (Å²) in [5.41, 5.74) is 0. The predicted molar refractivity (Wildman–Crippen MR) is 62.2 cm³/mol. The van der Waals surface area contributed by atoms with E-state index in [1.54, 1.807) is 24.3 Å². The molecule has 1 aromatic carbocycles. The fourth-order valence-electron chi connectivity index (χ4n) is 1.13. The Kier molecular flexibility index (Phi) is 3.05. The van der Waals surface area contributed by atoms with Gasteiger partial charge >= 0.3 is 0 Å². The van der Waals surface area contributed by atoms with E-state index in [-0.39, 0.29) is 11.7 Å².